The normalized spacial score (nSPS) is 16.2. The molecule has 0 fully saturated rings. The molecule has 0 spiro atoms. The quantitative estimate of drug-likeness (QED) is 0.834. The second-order valence-electron chi connectivity index (χ2n) is 5.71. The SMILES string of the molecule is Br.COc1ccc(CNC2CCCc3ccccc32)cc1OC. The Labute approximate surface area is 148 Å². The average Bonchev–Trinajstić information content (AvgIpc) is 2.59. The van der Waals surface area contributed by atoms with Gasteiger partial charge in [-0.25, -0.2) is 0 Å². The van der Waals surface area contributed by atoms with Crippen LogP contribution in [0.1, 0.15) is 35.6 Å². The highest BCUT2D eigenvalue weighted by Gasteiger charge is 2.19. The zero-order valence-electron chi connectivity index (χ0n) is 13.7. The van der Waals surface area contributed by atoms with Crippen LogP contribution in [0.25, 0.3) is 0 Å². The van der Waals surface area contributed by atoms with Gasteiger partial charge in [0.05, 0.1) is 14.2 Å². The molecule has 0 aromatic heterocycles. The summed E-state index contributed by atoms with van der Waals surface area (Å²) in [6.45, 7) is 0.833. The largest absolute Gasteiger partial charge is 0.493 e. The fraction of sp³-hybridized carbons (Fsp3) is 0.368. The molecule has 0 saturated heterocycles. The standard InChI is InChI=1S/C19H23NO2.BrH/c1-21-18-11-10-14(12-19(18)22-2)13-20-17-9-5-7-15-6-3-4-8-16(15)17;/h3-4,6,8,10-12,17,20H,5,7,9,13H2,1-2H3;1H. The van der Waals surface area contributed by atoms with Crippen LogP contribution in [0.3, 0.4) is 0 Å². The van der Waals surface area contributed by atoms with Gasteiger partial charge in [-0.2, -0.15) is 0 Å². The van der Waals surface area contributed by atoms with Crippen molar-refractivity contribution in [2.24, 2.45) is 0 Å². The molecular weight excluding hydrogens is 354 g/mol. The Hall–Kier alpha value is -1.52. The zero-order chi connectivity index (χ0) is 15.4. The number of hydrogen-bond donors (Lipinski definition) is 1. The van der Waals surface area contributed by atoms with Crippen molar-refractivity contribution in [2.75, 3.05) is 14.2 Å². The lowest BCUT2D eigenvalue weighted by Crippen LogP contribution is -2.24. The molecule has 1 aliphatic rings. The van der Waals surface area contributed by atoms with E-state index >= 15 is 0 Å². The summed E-state index contributed by atoms with van der Waals surface area (Å²) in [5, 5.41) is 3.69. The predicted molar refractivity (Wildman–Crippen MR) is 98.8 cm³/mol. The number of methoxy groups -OCH3 is 2. The maximum absolute atomic E-state index is 5.37. The summed E-state index contributed by atoms with van der Waals surface area (Å²) in [5.74, 6) is 1.56. The number of nitrogens with one attached hydrogen (secondary N) is 1. The maximum atomic E-state index is 5.37. The van der Waals surface area contributed by atoms with Crippen molar-refractivity contribution < 1.29 is 9.47 Å². The average molecular weight is 378 g/mol. The molecule has 1 unspecified atom stereocenters. The number of rotatable bonds is 5. The van der Waals surface area contributed by atoms with Crippen LogP contribution in [0.2, 0.25) is 0 Å². The summed E-state index contributed by atoms with van der Waals surface area (Å²) in [6, 6.07) is 15.3. The third-order valence-corrected chi connectivity index (χ3v) is 4.37. The van der Waals surface area contributed by atoms with Gasteiger partial charge in [0.1, 0.15) is 0 Å². The molecule has 4 heteroatoms. The number of fused-ring (bicyclic) bond motifs is 1. The number of benzene rings is 2. The lowest BCUT2D eigenvalue weighted by molar-refractivity contribution is 0.354. The Morgan fingerprint density at radius 3 is 2.61 bits per heavy atom. The second kappa shape index (κ2) is 8.37. The lowest BCUT2D eigenvalue weighted by atomic mass is 9.87. The molecule has 0 heterocycles. The van der Waals surface area contributed by atoms with E-state index in [4.69, 9.17) is 9.47 Å². The number of hydrogen-bond acceptors (Lipinski definition) is 3. The highest BCUT2D eigenvalue weighted by Crippen LogP contribution is 2.31. The van der Waals surface area contributed by atoms with E-state index < -0.39 is 0 Å². The molecular formula is C19H24BrNO2. The zero-order valence-corrected chi connectivity index (χ0v) is 15.4. The Bertz CT molecular complexity index is 645. The molecule has 0 saturated carbocycles. The van der Waals surface area contributed by atoms with E-state index in [9.17, 15) is 0 Å². The first-order valence-electron chi connectivity index (χ1n) is 7.84. The van der Waals surface area contributed by atoms with Crippen LogP contribution in [0, 0.1) is 0 Å². The monoisotopic (exact) mass is 377 g/mol. The molecule has 1 N–H and O–H groups in total. The fourth-order valence-corrected chi connectivity index (χ4v) is 3.20. The Morgan fingerprint density at radius 2 is 1.83 bits per heavy atom. The summed E-state index contributed by atoms with van der Waals surface area (Å²) in [6.07, 6.45) is 3.65. The van der Waals surface area contributed by atoms with Crippen molar-refractivity contribution in [1.29, 1.82) is 0 Å². The smallest absolute Gasteiger partial charge is 0.161 e. The van der Waals surface area contributed by atoms with Crippen molar-refractivity contribution in [3.63, 3.8) is 0 Å². The minimum Gasteiger partial charge on any atom is -0.493 e. The van der Waals surface area contributed by atoms with Gasteiger partial charge >= 0.3 is 0 Å². The van der Waals surface area contributed by atoms with Crippen LogP contribution in [-0.2, 0) is 13.0 Å². The predicted octanol–water partition coefficient (Wildman–Crippen LogP) is 4.45. The highest BCUT2D eigenvalue weighted by molar-refractivity contribution is 8.93. The van der Waals surface area contributed by atoms with Crippen LogP contribution in [0.5, 0.6) is 11.5 Å². The molecule has 0 amide bonds. The van der Waals surface area contributed by atoms with Gasteiger partial charge in [-0.05, 0) is 48.1 Å². The molecule has 1 atom stereocenters. The van der Waals surface area contributed by atoms with Gasteiger partial charge in [0, 0.05) is 12.6 Å². The first-order valence-corrected chi connectivity index (χ1v) is 7.84. The van der Waals surface area contributed by atoms with Gasteiger partial charge in [-0.15, -0.1) is 17.0 Å². The van der Waals surface area contributed by atoms with E-state index in [0.717, 1.165) is 18.0 Å². The summed E-state index contributed by atoms with van der Waals surface area (Å²) in [5.41, 5.74) is 4.15. The van der Waals surface area contributed by atoms with Gasteiger partial charge in [-0.1, -0.05) is 30.3 Å². The van der Waals surface area contributed by atoms with Crippen LogP contribution in [-0.4, -0.2) is 14.2 Å². The van der Waals surface area contributed by atoms with Crippen molar-refractivity contribution in [2.45, 2.75) is 31.8 Å². The third-order valence-electron chi connectivity index (χ3n) is 4.37. The maximum Gasteiger partial charge on any atom is 0.161 e. The molecule has 0 aliphatic heterocycles. The summed E-state index contributed by atoms with van der Waals surface area (Å²) >= 11 is 0. The van der Waals surface area contributed by atoms with E-state index in [0.29, 0.717) is 6.04 Å². The van der Waals surface area contributed by atoms with E-state index in [1.807, 2.05) is 12.1 Å². The van der Waals surface area contributed by atoms with Crippen LogP contribution in [0.4, 0.5) is 0 Å². The third kappa shape index (κ3) is 4.06. The molecule has 3 rings (SSSR count). The van der Waals surface area contributed by atoms with Crippen molar-refractivity contribution >= 4 is 17.0 Å². The van der Waals surface area contributed by atoms with Crippen molar-refractivity contribution in [1.82, 2.24) is 5.32 Å². The second-order valence-corrected chi connectivity index (χ2v) is 5.71. The van der Waals surface area contributed by atoms with Gasteiger partial charge in [0.25, 0.3) is 0 Å². The molecule has 0 radical (unpaired) electrons. The minimum absolute atomic E-state index is 0. The summed E-state index contributed by atoms with van der Waals surface area (Å²) in [4.78, 5) is 0. The molecule has 23 heavy (non-hydrogen) atoms. The van der Waals surface area contributed by atoms with Gasteiger partial charge in [-0.3, -0.25) is 0 Å². The van der Waals surface area contributed by atoms with E-state index in [2.05, 4.69) is 35.6 Å². The van der Waals surface area contributed by atoms with Crippen molar-refractivity contribution in [3.05, 3.63) is 59.2 Å². The van der Waals surface area contributed by atoms with Gasteiger partial charge < -0.3 is 14.8 Å². The molecule has 124 valence electrons. The fourth-order valence-electron chi connectivity index (χ4n) is 3.20. The number of ether oxygens (including phenoxy) is 2. The summed E-state index contributed by atoms with van der Waals surface area (Å²) in [7, 11) is 3.33. The molecule has 3 nitrogen and oxygen atoms in total. The van der Waals surface area contributed by atoms with Crippen LogP contribution in [0.15, 0.2) is 42.5 Å². The first-order chi connectivity index (χ1) is 10.8. The van der Waals surface area contributed by atoms with E-state index in [-0.39, 0.29) is 17.0 Å². The van der Waals surface area contributed by atoms with E-state index in [1.54, 1.807) is 14.2 Å². The minimum atomic E-state index is 0. The topological polar surface area (TPSA) is 30.5 Å². The highest BCUT2D eigenvalue weighted by atomic mass is 79.9. The van der Waals surface area contributed by atoms with Crippen LogP contribution < -0.4 is 14.8 Å². The Morgan fingerprint density at radius 1 is 1.04 bits per heavy atom. The van der Waals surface area contributed by atoms with Gasteiger partial charge in [0.15, 0.2) is 11.5 Å². The van der Waals surface area contributed by atoms with Gasteiger partial charge in [0.2, 0.25) is 0 Å². The molecule has 2 aromatic rings. The number of halogens is 1. The molecule has 0 bridgehead atoms. The summed E-state index contributed by atoms with van der Waals surface area (Å²) < 4.78 is 10.7. The van der Waals surface area contributed by atoms with Crippen molar-refractivity contribution in [3.8, 4) is 11.5 Å². The van der Waals surface area contributed by atoms with E-state index in [1.165, 1.54) is 36.0 Å². The molecule has 1 aliphatic carbocycles. The number of aryl methyl sites for hydroxylation is 1. The molecule has 2 aromatic carbocycles. The Balaban J connectivity index is 0.00000192. The van der Waals surface area contributed by atoms with Crippen LogP contribution >= 0.6 is 17.0 Å². The first kappa shape index (κ1) is 17.8. The Kier molecular flexibility index (Phi) is 6.48. The lowest BCUT2D eigenvalue weighted by Gasteiger charge is -2.26.